The minimum atomic E-state index is -0.341. The minimum Gasteiger partial charge on any atom is -0.465 e. The smallest absolute Gasteiger partial charge is 0.337 e. The van der Waals surface area contributed by atoms with Crippen LogP contribution in [0, 0.1) is 6.92 Å². The van der Waals surface area contributed by atoms with Crippen molar-refractivity contribution >= 4 is 16.7 Å². The van der Waals surface area contributed by atoms with Crippen LogP contribution >= 0.6 is 0 Å². The van der Waals surface area contributed by atoms with E-state index in [1.807, 2.05) is 19.1 Å². The Morgan fingerprint density at radius 2 is 2.11 bits per heavy atom. The Morgan fingerprint density at radius 1 is 1.28 bits per heavy atom. The lowest BCUT2D eigenvalue weighted by Crippen LogP contribution is -2.00. The van der Waals surface area contributed by atoms with Gasteiger partial charge in [-0.05, 0) is 35.9 Å². The van der Waals surface area contributed by atoms with E-state index in [1.54, 1.807) is 12.1 Å². The minimum absolute atomic E-state index is 0.246. The van der Waals surface area contributed by atoms with Crippen molar-refractivity contribution in [3.63, 3.8) is 0 Å². The fourth-order valence-corrected chi connectivity index (χ4v) is 2.22. The zero-order valence-electron chi connectivity index (χ0n) is 10.1. The Kier molecular flexibility index (Phi) is 2.37. The van der Waals surface area contributed by atoms with Crippen LogP contribution in [0.4, 0.5) is 0 Å². The number of carbonyl (C=O) groups is 1. The van der Waals surface area contributed by atoms with Gasteiger partial charge >= 0.3 is 5.97 Å². The fourth-order valence-electron chi connectivity index (χ4n) is 2.22. The Balaban J connectivity index is 2.23. The van der Waals surface area contributed by atoms with Crippen molar-refractivity contribution in [1.29, 1.82) is 0 Å². The van der Waals surface area contributed by atoms with Gasteiger partial charge in [0, 0.05) is 5.56 Å². The summed E-state index contributed by atoms with van der Waals surface area (Å²) in [6, 6.07) is 7.34. The molecule has 1 heterocycles. The van der Waals surface area contributed by atoms with Gasteiger partial charge in [0.05, 0.1) is 12.7 Å². The molecule has 0 N–H and O–H groups in total. The van der Waals surface area contributed by atoms with E-state index in [-0.39, 0.29) is 12.8 Å². The van der Waals surface area contributed by atoms with Crippen molar-refractivity contribution in [2.24, 2.45) is 0 Å². The third-order valence-electron chi connectivity index (χ3n) is 3.15. The van der Waals surface area contributed by atoms with Crippen molar-refractivity contribution in [1.82, 2.24) is 0 Å². The van der Waals surface area contributed by atoms with Crippen LogP contribution in [0.15, 0.2) is 24.3 Å². The number of carbonyl (C=O) groups excluding carboxylic acids is 1. The van der Waals surface area contributed by atoms with Crippen LogP contribution in [0.3, 0.4) is 0 Å². The molecule has 2 aromatic rings. The van der Waals surface area contributed by atoms with Crippen LogP contribution in [-0.4, -0.2) is 19.9 Å². The zero-order chi connectivity index (χ0) is 12.7. The van der Waals surface area contributed by atoms with E-state index in [4.69, 9.17) is 14.2 Å². The third kappa shape index (κ3) is 1.49. The normalized spacial score (nSPS) is 12.8. The van der Waals surface area contributed by atoms with Crippen LogP contribution in [0.25, 0.3) is 10.8 Å². The number of esters is 1. The monoisotopic (exact) mass is 244 g/mol. The lowest BCUT2D eigenvalue weighted by Gasteiger charge is -2.07. The van der Waals surface area contributed by atoms with Gasteiger partial charge < -0.3 is 14.2 Å². The summed E-state index contributed by atoms with van der Waals surface area (Å²) in [6.07, 6.45) is 0. The Bertz CT molecular complexity index is 646. The molecule has 0 atom stereocenters. The molecule has 0 fully saturated rings. The largest absolute Gasteiger partial charge is 0.465 e. The molecule has 0 amide bonds. The highest BCUT2D eigenvalue weighted by Crippen LogP contribution is 2.40. The Morgan fingerprint density at radius 3 is 2.89 bits per heavy atom. The first kappa shape index (κ1) is 10.9. The van der Waals surface area contributed by atoms with Gasteiger partial charge in [-0.3, -0.25) is 0 Å². The van der Waals surface area contributed by atoms with Gasteiger partial charge in [-0.15, -0.1) is 0 Å². The molecule has 0 spiro atoms. The van der Waals surface area contributed by atoms with E-state index in [0.717, 1.165) is 27.8 Å². The molecule has 4 heteroatoms. The maximum Gasteiger partial charge on any atom is 0.337 e. The first-order valence-corrected chi connectivity index (χ1v) is 5.62. The van der Waals surface area contributed by atoms with E-state index < -0.39 is 0 Å². The lowest BCUT2D eigenvalue weighted by molar-refractivity contribution is 0.0601. The lowest BCUT2D eigenvalue weighted by atomic mass is 10.0. The van der Waals surface area contributed by atoms with Crippen molar-refractivity contribution in [3.8, 4) is 11.5 Å². The Labute approximate surface area is 104 Å². The molecule has 18 heavy (non-hydrogen) atoms. The molecular weight excluding hydrogens is 232 g/mol. The van der Waals surface area contributed by atoms with E-state index in [9.17, 15) is 4.79 Å². The fraction of sp³-hybridized carbons (Fsp3) is 0.214. The molecule has 0 unspecified atom stereocenters. The number of ether oxygens (including phenoxy) is 3. The quantitative estimate of drug-likeness (QED) is 0.723. The molecule has 3 rings (SSSR count). The highest BCUT2D eigenvalue weighted by atomic mass is 16.7. The van der Waals surface area contributed by atoms with E-state index in [0.29, 0.717) is 5.56 Å². The molecule has 0 aliphatic carbocycles. The average molecular weight is 244 g/mol. The second kappa shape index (κ2) is 3.91. The summed E-state index contributed by atoms with van der Waals surface area (Å²) in [5.41, 5.74) is 1.56. The van der Waals surface area contributed by atoms with Crippen molar-refractivity contribution in [3.05, 3.63) is 35.4 Å². The molecule has 2 aromatic carbocycles. The summed E-state index contributed by atoms with van der Waals surface area (Å²) in [5.74, 6) is 1.17. The summed E-state index contributed by atoms with van der Waals surface area (Å²) in [6.45, 7) is 2.23. The van der Waals surface area contributed by atoms with Crippen LogP contribution in [0.5, 0.6) is 11.5 Å². The summed E-state index contributed by atoms with van der Waals surface area (Å²) in [7, 11) is 1.37. The summed E-state index contributed by atoms with van der Waals surface area (Å²) in [5, 5.41) is 1.99. The number of hydrogen-bond donors (Lipinski definition) is 0. The van der Waals surface area contributed by atoms with Crippen molar-refractivity contribution in [2.45, 2.75) is 6.92 Å². The molecule has 92 valence electrons. The maximum absolute atomic E-state index is 11.5. The molecule has 0 aromatic heterocycles. The van der Waals surface area contributed by atoms with Crippen LogP contribution in [0.1, 0.15) is 15.9 Å². The number of fused-ring (bicyclic) bond motifs is 2. The van der Waals surface area contributed by atoms with Gasteiger partial charge in [0.2, 0.25) is 6.79 Å². The van der Waals surface area contributed by atoms with Crippen LogP contribution < -0.4 is 9.47 Å². The van der Waals surface area contributed by atoms with Gasteiger partial charge in [-0.2, -0.15) is 0 Å². The summed E-state index contributed by atoms with van der Waals surface area (Å²) < 4.78 is 15.5. The van der Waals surface area contributed by atoms with E-state index >= 15 is 0 Å². The highest BCUT2D eigenvalue weighted by molar-refractivity contribution is 5.97. The van der Waals surface area contributed by atoms with Gasteiger partial charge in [0.1, 0.15) is 0 Å². The predicted molar refractivity (Wildman–Crippen MR) is 66.1 cm³/mol. The average Bonchev–Trinajstić information content (AvgIpc) is 2.86. The first-order chi connectivity index (χ1) is 8.70. The number of methoxy groups -OCH3 is 1. The molecule has 0 saturated carbocycles. The van der Waals surface area contributed by atoms with Gasteiger partial charge in [-0.1, -0.05) is 6.07 Å². The van der Waals surface area contributed by atoms with Gasteiger partial charge in [0.25, 0.3) is 0 Å². The molecule has 1 aliphatic rings. The van der Waals surface area contributed by atoms with E-state index in [2.05, 4.69) is 0 Å². The molecule has 1 aliphatic heterocycles. The first-order valence-electron chi connectivity index (χ1n) is 5.62. The second-order valence-corrected chi connectivity index (χ2v) is 4.16. The topological polar surface area (TPSA) is 44.8 Å². The predicted octanol–water partition coefficient (Wildman–Crippen LogP) is 2.66. The Hall–Kier alpha value is -2.23. The molecular formula is C14H12O4. The number of aryl methyl sites for hydroxylation is 1. The molecule has 0 bridgehead atoms. The van der Waals surface area contributed by atoms with Gasteiger partial charge in [-0.25, -0.2) is 4.79 Å². The zero-order valence-corrected chi connectivity index (χ0v) is 10.1. The highest BCUT2D eigenvalue weighted by Gasteiger charge is 2.19. The third-order valence-corrected chi connectivity index (χ3v) is 3.15. The van der Waals surface area contributed by atoms with E-state index in [1.165, 1.54) is 7.11 Å². The van der Waals surface area contributed by atoms with Crippen molar-refractivity contribution in [2.75, 3.05) is 13.9 Å². The standard InChI is InChI=1S/C14H12O4/c1-8-11-4-3-9(14(15)16-2)5-10(11)6-12-13(8)18-7-17-12/h3-6H,7H2,1-2H3. The number of hydrogen-bond acceptors (Lipinski definition) is 4. The SMILES string of the molecule is COC(=O)c1ccc2c(C)c3c(cc2c1)OCO3. The molecule has 4 nitrogen and oxygen atoms in total. The summed E-state index contributed by atoms with van der Waals surface area (Å²) in [4.78, 5) is 11.5. The molecule has 0 radical (unpaired) electrons. The molecule has 0 saturated heterocycles. The number of benzene rings is 2. The second-order valence-electron chi connectivity index (χ2n) is 4.16. The van der Waals surface area contributed by atoms with Crippen molar-refractivity contribution < 1.29 is 19.0 Å². The summed E-state index contributed by atoms with van der Waals surface area (Å²) >= 11 is 0. The maximum atomic E-state index is 11.5. The van der Waals surface area contributed by atoms with Gasteiger partial charge in [0.15, 0.2) is 11.5 Å². The van der Waals surface area contributed by atoms with Crippen LogP contribution in [0.2, 0.25) is 0 Å². The van der Waals surface area contributed by atoms with Crippen LogP contribution in [-0.2, 0) is 4.74 Å². The number of rotatable bonds is 1.